The lowest BCUT2D eigenvalue weighted by Gasteiger charge is -2.27. The summed E-state index contributed by atoms with van der Waals surface area (Å²) in [5, 5.41) is 0. The molecule has 1 aromatic carbocycles. The van der Waals surface area contributed by atoms with Gasteiger partial charge in [0.2, 0.25) is 10.0 Å². The lowest BCUT2D eigenvalue weighted by atomic mass is 9.88. The van der Waals surface area contributed by atoms with E-state index in [1.54, 1.807) is 0 Å². The number of rotatable bonds is 3. The van der Waals surface area contributed by atoms with Gasteiger partial charge in [-0.15, -0.1) is 0 Å². The van der Waals surface area contributed by atoms with E-state index in [0.29, 0.717) is 4.47 Å². The molecular formula is C13H18BrFN2O2S. The molecule has 1 aliphatic rings. The summed E-state index contributed by atoms with van der Waals surface area (Å²) in [7, 11) is -3.91. The molecule has 0 aromatic heterocycles. The zero-order valence-corrected chi connectivity index (χ0v) is 13.8. The summed E-state index contributed by atoms with van der Waals surface area (Å²) in [6.45, 7) is 4.03. The van der Waals surface area contributed by atoms with Gasteiger partial charge in [0, 0.05) is 16.2 Å². The first-order chi connectivity index (χ1) is 9.13. The zero-order valence-electron chi connectivity index (χ0n) is 11.4. The highest BCUT2D eigenvalue weighted by atomic mass is 79.9. The van der Waals surface area contributed by atoms with Crippen molar-refractivity contribution in [2.45, 2.75) is 44.0 Å². The summed E-state index contributed by atoms with van der Waals surface area (Å²) in [6, 6.07) is 2.03. The maximum absolute atomic E-state index is 13.9. The van der Waals surface area contributed by atoms with E-state index in [1.807, 2.05) is 13.8 Å². The molecule has 3 N–H and O–H groups in total. The second-order valence-electron chi connectivity index (χ2n) is 5.86. The van der Waals surface area contributed by atoms with Crippen molar-refractivity contribution < 1.29 is 12.8 Å². The Bertz CT molecular complexity index is 632. The van der Waals surface area contributed by atoms with Crippen LogP contribution in [0, 0.1) is 11.2 Å². The van der Waals surface area contributed by atoms with Gasteiger partial charge in [-0.2, -0.15) is 0 Å². The smallest absolute Gasteiger partial charge is 0.243 e. The van der Waals surface area contributed by atoms with Crippen molar-refractivity contribution in [1.29, 1.82) is 0 Å². The molecule has 0 amide bonds. The van der Waals surface area contributed by atoms with Crippen molar-refractivity contribution in [3.05, 3.63) is 22.4 Å². The van der Waals surface area contributed by atoms with Gasteiger partial charge in [-0.1, -0.05) is 20.3 Å². The Kier molecular flexibility index (Phi) is 4.15. The molecular weight excluding hydrogens is 347 g/mol. The Balaban J connectivity index is 2.34. The van der Waals surface area contributed by atoms with Gasteiger partial charge in [-0.3, -0.25) is 0 Å². The number of hydrogen-bond acceptors (Lipinski definition) is 3. The number of anilines is 1. The molecule has 1 aliphatic carbocycles. The Morgan fingerprint density at radius 3 is 2.65 bits per heavy atom. The number of hydrogen-bond donors (Lipinski definition) is 2. The molecule has 1 atom stereocenters. The molecule has 1 saturated carbocycles. The van der Waals surface area contributed by atoms with Crippen LogP contribution in [0.1, 0.15) is 33.1 Å². The minimum absolute atomic E-state index is 0.121. The number of nitrogen functional groups attached to an aromatic ring is 1. The highest BCUT2D eigenvalue weighted by molar-refractivity contribution is 9.10. The molecule has 0 radical (unpaired) electrons. The third kappa shape index (κ3) is 2.99. The fourth-order valence-electron chi connectivity index (χ4n) is 2.55. The van der Waals surface area contributed by atoms with Gasteiger partial charge in [0.15, 0.2) is 0 Å². The van der Waals surface area contributed by atoms with Crippen LogP contribution < -0.4 is 10.5 Å². The third-order valence-electron chi connectivity index (χ3n) is 3.90. The van der Waals surface area contributed by atoms with Crippen LogP contribution >= 0.6 is 15.9 Å². The van der Waals surface area contributed by atoms with Gasteiger partial charge >= 0.3 is 0 Å². The number of sulfonamides is 1. The van der Waals surface area contributed by atoms with Crippen LogP contribution in [0.2, 0.25) is 0 Å². The molecule has 0 saturated heterocycles. The monoisotopic (exact) mass is 364 g/mol. The van der Waals surface area contributed by atoms with Gasteiger partial charge in [0.05, 0.1) is 0 Å². The number of nitrogens with one attached hydrogen (secondary N) is 1. The quantitative estimate of drug-likeness (QED) is 0.809. The van der Waals surface area contributed by atoms with E-state index in [-0.39, 0.29) is 17.1 Å². The van der Waals surface area contributed by atoms with Crippen molar-refractivity contribution in [3.8, 4) is 0 Å². The molecule has 1 aromatic rings. The summed E-state index contributed by atoms with van der Waals surface area (Å²) < 4.78 is 41.5. The fraction of sp³-hybridized carbons (Fsp3) is 0.538. The Morgan fingerprint density at radius 1 is 1.45 bits per heavy atom. The predicted molar refractivity (Wildman–Crippen MR) is 80.3 cm³/mol. The molecule has 1 unspecified atom stereocenters. The van der Waals surface area contributed by atoms with E-state index in [1.165, 1.54) is 0 Å². The summed E-state index contributed by atoms with van der Waals surface area (Å²) in [4.78, 5) is -0.402. The molecule has 0 bridgehead atoms. The zero-order chi connectivity index (χ0) is 15.1. The predicted octanol–water partition coefficient (Wildman–Crippen LogP) is 3.03. The van der Waals surface area contributed by atoms with E-state index in [2.05, 4.69) is 20.7 Å². The highest BCUT2D eigenvalue weighted by Crippen LogP contribution is 2.38. The van der Waals surface area contributed by atoms with Gasteiger partial charge < -0.3 is 5.73 Å². The standard InChI is InChI=1S/C13H18BrFN2O2S/c1-13(2)5-3-4-12(13)17-20(18,19)11-7-10(16)8(14)6-9(11)15/h6-7,12,17H,3-5,16H2,1-2H3. The van der Waals surface area contributed by atoms with E-state index >= 15 is 0 Å². The minimum Gasteiger partial charge on any atom is -0.398 e. The van der Waals surface area contributed by atoms with Crippen molar-refractivity contribution in [2.24, 2.45) is 5.41 Å². The second-order valence-corrected chi connectivity index (χ2v) is 8.40. The largest absolute Gasteiger partial charge is 0.398 e. The van der Waals surface area contributed by atoms with Crippen molar-refractivity contribution in [1.82, 2.24) is 4.72 Å². The molecule has 20 heavy (non-hydrogen) atoms. The maximum Gasteiger partial charge on any atom is 0.243 e. The first-order valence-corrected chi connectivity index (χ1v) is 8.68. The minimum atomic E-state index is -3.91. The Morgan fingerprint density at radius 2 is 2.10 bits per heavy atom. The van der Waals surface area contributed by atoms with Crippen LogP contribution in [-0.2, 0) is 10.0 Å². The third-order valence-corrected chi connectivity index (χ3v) is 6.07. The van der Waals surface area contributed by atoms with Crippen molar-refractivity contribution >= 4 is 31.6 Å². The van der Waals surface area contributed by atoms with Gasteiger partial charge in [-0.25, -0.2) is 17.5 Å². The first-order valence-electron chi connectivity index (χ1n) is 6.40. The van der Waals surface area contributed by atoms with Crippen LogP contribution in [0.3, 0.4) is 0 Å². The lowest BCUT2D eigenvalue weighted by molar-refractivity contribution is 0.312. The van der Waals surface area contributed by atoms with Crippen LogP contribution in [-0.4, -0.2) is 14.5 Å². The molecule has 2 rings (SSSR count). The Hall–Kier alpha value is -0.660. The average molecular weight is 365 g/mol. The fourth-order valence-corrected chi connectivity index (χ4v) is 4.40. The highest BCUT2D eigenvalue weighted by Gasteiger charge is 2.37. The molecule has 1 fully saturated rings. The molecule has 4 nitrogen and oxygen atoms in total. The maximum atomic E-state index is 13.9. The van der Waals surface area contributed by atoms with Crippen LogP contribution in [0.5, 0.6) is 0 Å². The molecule has 7 heteroatoms. The number of halogens is 2. The summed E-state index contributed by atoms with van der Waals surface area (Å²) in [5.74, 6) is -0.811. The van der Waals surface area contributed by atoms with Crippen LogP contribution in [0.4, 0.5) is 10.1 Å². The SMILES string of the molecule is CC1(C)CCCC1NS(=O)(=O)c1cc(N)c(Br)cc1F. The summed E-state index contributed by atoms with van der Waals surface area (Å²) in [5.41, 5.74) is 5.71. The van der Waals surface area contributed by atoms with E-state index in [9.17, 15) is 12.8 Å². The van der Waals surface area contributed by atoms with E-state index in [4.69, 9.17) is 5.73 Å². The van der Waals surface area contributed by atoms with E-state index < -0.39 is 20.7 Å². The van der Waals surface area contributed by atoms with Gasteiger partial charge in [0.1, 0.15) is 10.7 Å². The number of benzene rings is 1. The second kappa shape index (κ2) is 5.27. The van der Waals surface area contributed by atoms with E-state index in [0.717, 1.165) is 31.4 Å². The van der Waals surface area contributed by atoms with Crippen molar-refractivity contribution in [3.63, 3.8) is 0 Å². The molecule has 0 aliphatic heterocycles. The first kappa shape index (κ1) is 15.7. The Labute approximate surface area is 127 Å². The van der Waals surface area contributed by atoms with Gasteiger partial charge in [-0.05, 0) is 46.3 Å². The normalized spacial score (nSPS) is 22.1. The summed E-state index contributed by atoms with van der Waals surface area (Å²) in [6.07, 6.45) is 2.68. The molecule has 112 valence electrons. The van der Waals surface area contributed by atoms with Gasteiger partial charge in [0.25, 0.3) is 0 Å². The lowest BCUT2D eigenvalue weighted by Crippen LogP contribution is -2.41. The van der Waals surface area contributed by atoms with Crippen LogP contribution in [0.25, 0.3) is 0 Å². The van der Waals surface area contributed by atoms with Crippen LogP contribution in [0.15, 0.2) is 21.5 Å². The average Bonchev–Trinajstić information content (AvgIpc) is 2.62. The topological polar surface area (TPSA) is 72.2 Å². The molecule has 0 spiro atoms. The summed E-state index contributed by atoms with van der Waals surface area (Å²) >= 11 is 3.07. The number of nitrogens with two attached hydrogens (primary N) is 1. The van der Waals surface area contributed by atoms with Crippen molar-refractivity contribution in [2.75, 3.05) is 5.73 Å². The molecule has 0 heterocycles.